The molecule has 18 heavy (non-hydrogen) atoms. The van der Waals surface area contributed by atoms with Crippen LogP contribution < -0.4 is 0 Å². The fourth-order valence-electron chi connectivity index (χ4n) is 1.78. The van der Waals surface area contributed by atoms with E-state index in [2.05, 4.69) is 9.72 Å². The Kier molecular flexibility index (Phi) is 3.73. The smallest absolute Gasteiger partial charge is 0.311 e. The van der Waals surface area contributed by atoms with E-state index in [4.69, 9.17) is 23.2 Å². The topological polar surface area (TPSA) is 39.2 Å². The highest BCUT2D eigenvalue weighted by Gasteiger charge is 2.11. The standard InChI is InChI=1S/C13H11Cl2NO2/c1-7-5-8(6-11(17)18-2)16-13-9(7)3-4-10(14)12(13)15/h3-5H,6H2,1-2H3. The van der Waals surface area contributed by atoms with Crippen molar-refractivity contribution in [3.05, 3.63) is 39.5 Å². The summed E-state index contributed by atoms with van der Waals surface area (Å²) >= 11 is 12.1. The largest absolute Gasteiger partial charge is 0.469 e. The van der Waals surface area contributed by atoms with Gasteiger partial charge in [0.15, 0.2) is 0 Å². The van der Waals surface area contributed by atoms with Crippen LogP contribution in [0.4, 0.5) is 0 Å². The third kappa shape index (κ3) is 2.42. The van der Waals surface area contributed by atoms with Crippen LogP contribution in [0.15, 0.2) is 18.2 Å². The van der Waals surface area contributed by atoms with Crippen LogP contribution in [-0.2, 0) is 16.0 Å². The molecule has 5 heteroatoms. The molecule has 0 radical (unpaired) electrons. The molecule has 1 aromatic heterocycles. The zero-order valence-corrected chi connectivity index (χ0v) is 11.5. The number of ether oxygens (including phenoxy) is 1. The summed E-state index contributed by atoms with van der Waals surface area (Å²) in [4.78, 5) is 15.6. The predicted octanol–water partition coefficient (Wildman–Crippen LogP) is 3.57. The number of carbonyl (C=O) groups excluding carboxylic acids is 1. The van der Waals surface area contributed by atoms with Crippen molar-refractivity contribution in [1.82, 2.24) is 4.98 Å². The molecule has 0 aliphatic carbocycles. The summed E-state index contributed by atoms with van der Waals surface area (Å²) < 4.78 is 4.62. The van der Waals surface area contributed by atoms with Gasteiger partial charge in [0.1, 0.15) is 0 Å². The van der Waals surface area contributed by atoms with Crippen molar-refractivity contribution < 1.29 is 9.53 Å². The molecule has 0 aliphatic heterocycles. The molecule has 0 saturated heterocycles. The molecule has 0 unspecified atom stereocenters. The average Bonchev–Trinajstić information content (AvgIpc) is 2.34. The second-order valence-electron chi connectivity index (χ2n) is 3.94. The van der Waals surface area contributed by atoms with Crippen molar-refractivity contribution in [2.45, 2.75) is 13.3 Å². The summed E-state index contributed by atoms with van der Waals surface area (Å²) in [6, 6.07) is 5.46. The minimum atomic E-state index is -0.334. The molecule has 2 rings (SSSR count). The highest BCUT2D eigenvalue weighted by molar-refractivity contribution is 6.45. The number of aryl methyl sites for hydroxylation is 1. The second-order valence-corrected chi connectivity index (χ2v) is 4.73. The fourth-order valence-corrected chi connectivity index (χ4v) is 2.14. The van der Waals surface area contributed by atoms with Gasteiger partial charge in [-0.25, -0.2) is 0 Å². The molecule has 0 amide bonds. The first-order valence-electron chi connectivity index (χ1n) is 5.34. The Morgan fingerprint density at radius 1 is 1.39 bits per heavy atom. The van der Waals surface area contributed by atoms with Gasteiger partial charge in [0.25, 0.3) is 0 Å². The number of halogens is 2. The highest BCUT2D eigenvalue weighted by atomic mass is 35.5. The summed E-state index contributed by atoms with van der Waals surface area (Å²) in [5.74, 6) is -0.334. The molecule has 0 bridgehead atoms. The lowest BCUT2D eigenvalue weighted by atomic mass is 10.1. The van der Waals surface area contributed by atoms with E-state index in [9.17, 15) is 4.79 Å². The van der Waals surface area contributed by atoms with Crippen molar-refractivity contribution in [3.8, 4) is 0 Å². The Morgan fingerprint density at radius 3 is 2.78 bits per heavy atom. The maximum absolute atomic E-state index is 11.3. The summed E-state index contributed by atoms with van der Waals surface area (Å²) in [6.45, 7) is 1.94. The number of carbonyl (C=O) groups is 1. The first kappa shape index (κ1) is 13.1. The summed E-state index contributed by atoms with van der Waals surface area (Å²) in [6.07, 6.45) is 0.121. The Hall–Kier alpha value is -1.32. The van der Waals surface area contributed by atoms with E-state index in [0.717, 1.165) is 10.9 Å². The van der Waals surface area contributed by atoms with Gasteiger partial charge in [0, 0.05) is 5.39 Å². The van der Waals surface area contributed by atoms with Crippen LogP contribution in [0, 0.1) is 6.92 Å². The van der Waals surface area contributed by atoms with E-state index in [0.29, 0.717) is 21.3 Å². The van der Waals surface area contributed by atoms with Crippen LogP contribution in [-0.4, -0.2) is 18.1 Å². The third-order valence-electron chi connectivity index (χ3n) is 2.69. The van der Waals surface area contributed by atoms with Crippen molar-refractivity contribution in [2.75, 3.05) is 7.11 Å². The monoisotopic (exact) mass is 283 g/mol. The van der Waals surface area contributed by atoms with Gasteiger partial charge in [-0.2, -0.15) is 0 Å². The first-order valence-corrected chi connectivity index (χ1v) is 6.09. The minimum absolute atomic E-state index is 0.121. The number of aromatic nitrogens is 1. The highest BCUT2D eigenvalue weighted by Crippen LogP contribution is 2.31. The summed E-state index contributed by atoms with van der Waals surface area (Å²) in [5, 5.41) is 1.79. The molecule has 1 aromatic carbocycles. The van der Waals surface area contributed by atoms with Crippen LogP contribution in [0.5, 0.6) is 0 Å². The van der Waals surface area contributed by atoms with Gasteiger partial charge in [-0.15, -0.1) is 0 Å². The van der Waals surface area contributed by atoms with Gasteiger partial charge in [0.2, 0.25) is 0 Å². The SMILES string of the molecule is COC(=O)Cc1cc(C)c2ccc(Cl)c(Cl)c2n1. The number of methoxy groups -OCH3 is 1. The Morgan fingerprint density at radius 2 is 2.11 bits per heavy atom. The number of fused-ring (bicyclic) bond motifs is 1. The lowest BCUT2D eigenvalue weighted by molar-refractivity contribution is -0.139. The Bertz CT molecular complexity index is 626. The molecule has 0 aliphatic rings. The lowest BCUT2D eigenvalue weighted by Crippen LogP contribution is -2.06. The molecule has 0 saturated carbocycles. The van der Waals surface area contributed by atoms with Crippen LogP contribution in [0.1, 0.15) is 11.3 Å². The van der Waals surface area contributed by atoms with Crippen molar-refractivity contribution >= 4 is 40.1 Å². The predicted molar refractivity (Wildman–Crippen MR) is 72.2 cm³/mol. The quantitative estimate of drug-likeness (QED) is 0.791. The molecule has 0 fully saturated rings. The van der Waals surface area contributed by atoms with Gasteiger partial charge in [-0.05, 0) is 24.6 Å². The van der Waals surface area contributed by atoms with Crippen molar-refractivity contribution in [1.29, 1.82) is 0 Å². The molecule has 2 aromatic rings. The van der Waals surface area contributed by atoms with Crippen molar-refractivity contribution in [2.24, 2.45) is 0 Å². The molecule has 3 nitrogen and oxygen atoms in total. The van der Waals surface area contributed by atoms with Gasteiger partial charge in [-0.3, -0.25) is 9.78 Å². The molecule has 94 valence electrons. The number of hydrogen-bond acceptors (Lipinski definition) is 3. The molecule has 0 N–H and O–H groups in total. The minimum Gasteiger partial charge on any atom is -0.469 e. The zero-order valence-electron chi connectivity index (χ0n) is 9.96. The number of nitrogens with zero attached hydrogens (tertiary/aromatic N) is 1. The van der Waals surface area contributed by atoms with Gasteiger partial charge < -0.3 is 4.74 Å². The zero-order chi connectivity index (χ0) is 13.3. The number of hydrogen-bond donors (Lipinski definition) is 0. The Balaban J connectivity index is 2.59. The van der Waals surface area contributed by atoms with E-state index in [-0.39, 0.29) is 12.4 Å². The van der Waals surface area contributed by atoms with Gasteiger partial charge in [-0.1, -0.05) is 29.3 Å². The van der Waals surface area contributed by atoms with Crippen LogP contribution in [0.3, 0.4) is 0 Å². The second kappa shape index (κ2) is 5.12. The molecular weight excluding hydrogens is 273 g/mol. The number of pyridine rings is 1. The van der Waals surface area contributed by atoms with E-state index >= 15 is 0 Å². The maximum Gasteiger partial charge on any atom is 0.311 e. The number of esters is 1. The van der Waals surface area contributed by atoms with E-state index in [1.165, 1.54) is 7.11 Å². The van der Waals surface area contributed by atoms with Gasteiger partial charge >= 0.3 is 5.97 Å². The Labute approximate surface area is 115 Å². The molecular formula is C13H11Cl2NO2. The lowest BCUT2D eigenvalue weighted by Gasteiger charge is -2.08. The van der Waals surface area contributed by atoms with Crippen LogP contribution in [0.2, 0.25) is 10.0 Å². The van der Waals surface area contributed by atoms with Crippen LogP contribution >= 0.6 is 23.2 Å². The fraction of sp³-hybridized carbons (Fsp3) is 0.231. The number of benzene rings is 1. The molecule has 0 atom stereocenters. The summed E-state index contributed by atoms with van der Waals surface area (Å²) in [7, 11) is 1.35. The summed E-state index contributed by atoms with van der Waals surface area (Å²) in [5.41, 5.74) is 2.23. The van der Waals surface area contributed by atoms with E-state index in [1.54, 1.807) is 6.07 Å². The first-order chi connectivity index (χ1) is 8.52. The van der Waals surface area contributed by atoms with Crippen LogP contribution in [0.25, 0.3) is 10.9 Å². The molecule has 0 spiro atoms. The average molecular weight is 284 g/mol. The third-order valence-corrected chi connectivity index (χ3v) is 3.48. The number of rotatable bonds is 2. The normalized spacial score (nSPS) is 10.7. The van der Waals surface area contributed by atoms with E-state index in [1.807, 2.05) is 19.1 Å². The molecule has 1 heterocycles. The van der Waals surface area contributed by atoms with E-state index < -0.39 is 0 Å². The van der Waals surface area contributed by atoms with Gasteiger partial charge in [0.05, 0.1) is 34.8 Å². The van der Waals surface area contributed by atoms with Crippen molar-refractivity contribution in [3.63, 3.8) is 0 Å². The maximum atomic E-state index is 11.3.